The SMILES string of the molecule is C=CC=C(C)C=CC(C(=C)C=CC(=C)C(=C)C=CC(=C)C(c1cccc(C)c1)C1C=CC(C)=CC1)c1ccccc1. The van der Waals surface area contributed by atoms with Crippen LogP contribution in [0.15, 0.2) is 188 Å². The van der Waals surface area contributed by atoms with Crippen LogP contribution in [-0.4, -0.2) is 0 Å². The fraction of sp³-hybridized carbons (Fsp3) is 0.171. The van der Waals surface area contributed by atoms with E-state index in [4.69, 9.17) is 0 Å². The summed E-state index contributed by atoms with van der Waals surface area (Å²) < 4.78 is 0. The quantitative estimate of drug-likeness (QED) is 0.223. The van der Waals surface area contributed by atoms with Gasteiger partial charge in [-0.15, -0.1) is 0 Å². The van der Waals surface area contributed by atoms with E-state index in [9.17, 15) is 0 Å². The minimum absolute atomic E-state index is 0.0494. The lowest BCUT2D eigenvalue weighted by Crippen LogP contribution is -2.14. The van der Waals surface area contributed by atoms with Gasteiger partial charge in [-0.05, 0) is 66.5 Å². The Morgan fingerprint density at radius 3 is 2.07 bits per heavy atom. The number of hydrogen-bond acceptors (Lipinski definition) is 0. The van der Waals surface area contributed by atoms with Crippen molar-refractivity contribution >= 4 is 0 Å². The Morgan fingerprint density at radius 2 is 1.46 bits per heavy atom. The first-order valence-corrected chi connectivity index (χ1v) is 14.3. The summed E-state index contributed by atoms with van der Waals surface area (Å²) in [7, 11) is 0. The Labute approximate surface area is 248 Å². The number of allylic oxidation sites excluding steroid dienone is 17. The summed E-state index contributed by atoms with van der Waals surface area (Å²) in [5, 5.41) is 0. The summed E-state index contributed by atoms with van der Waals surface area (Å²) in [6.07, 6.45) is 24.2. The highest BCUT2D eigenvalue weighted by Gasteiger charge is 2.23. The van der Waals surface area contributed by atoms with Crippen LogP contribution in [0, 0.1) is 12.8 Å². The van der Waals surface area contributed by atoms with Crippen LogP contribution in [-0.2, 0) is 0 Å². The fourth-order valence-electron chi connectivity index (χ4n) is 5.03. The van der Waals surface area contributed by atoms with E-state index in [0.29, 0.717) is 5.92 Å². The van der Waals surface area contributed by atoms with Crippen LogP contribution in [0.2, 0.25) is 0 Å². The van der Waals surface area contributed by atoms with Gasteiger partial charge in [0.2, 0.25) is 0 Å². The van der Waals surface area contributed by atoms with Crippen LogP contribution in [0.25, 0.3) is 0 Å². The molecule has 0 heteroatoms. The third kappa shape index (κ3) is 9.33. The van der Waals surface area contributed by atoms with Gasteiger partial charge >= 0.3 is 0 Å². The largest absolute Gasteiger partial charge is 0.0991 e. The summed E-state index contributed by atoms with van der Waals surface area (Å²) in [5.74, 6) is 0.610. The Hall–Kier alpha value is -4.42. The summed E-state index contributed by atoms with van der Waals surface area (Å²) in [5.41, 5.74) is 9.94. The smallest absolute Gasteiger partial charge is 0.0266 e. The Bertz CT molecular complexity index is 1460. The van der Waals surface area contributed by atoms with Crippen molar-refractivity contribution in [1.82, 2.24) is 0 Å². The van der Waals surface area contributed by atoms with Gasteiger partial charge < -0.3 is 0 Å². The highest BCUT2D eigenvalue weighted by molar-refractivity contribution is 5.49. The van der Waals surface area contributed by atoms with Crippen molar-refractivity contribution in [2.45, 2.75) is 39.0 Å². The monoisotopic (exact) mass is 536 g/mol. The van der Waals surface area contributed by atoms with Crippen molar-refractivity contribution < 1.29 is 0 Å². The molecule has 0 saturated carbocycles. The summed E-state index contributed by atoms with van der Waals surface area (Å²) in [4.78, 5) is 0. The molecule has 2 aromatic carbocycles. The molecule has 2 aromatic rings. The van der Waals surface area contributed by atoms with E-state index < -0.39 is 0 Å². The third-order valence-corrected chi connectivity index (χ3v) is 7.45. The summed E-state index contributed by atoms with van der Waals surface area (Å²) in [6, 6.07) is 19.2. The predicted molar refractivity (Wildman–Crippen MR) is 182 cm³/mol. The standard InChI is InChI=1S/C41H44/c1-9-14-30(2)21-28-40(37-16-11-10-12-17-37)35(7)24-22-33(5)34(6)23-25-36(8)41(38-26-19-31(3)20-27-38)39-18-13-15-32(4)29-39/h9-26,28-29,38,40-41H,1,5-8,27H2,2-4H3. The third-order valence-electron chi connectivity index (χ3n) is 7.45. The molecule has 41 heavy (non-hydrogen) atoms. The molecule has 1 aliphatic carbocycles. The zero-order chi connectivity index (χ0) is 29.8. The second kappa shape index (κ2) is 15.4. The molecule has 1 aliphatic rings. The summed E-state index contributed by atoms with van der Waals surface area (Å²) >= 11 is 0. The van der Waals surface area contributed by atoms with Gasteiger partial charge in [0.05, 0.1) is 0 Å². The molecule has 0 heterocycles. The molecule has 0 amide bonds. The molecule has 0 spiro atoms. The maximum absolute atomic E-state index is 4.50. The van der Waals surface area contributed by atoms with Crippen molar-refractivity contribution in [3.63, 3.8) is 0 Å². The van der Waals surface area contributed by atoms with Crippen LogP contribution in [0.4, 0.5) is 0 Å². The molecule has 0 N–H and O–H groups in total. The van der Waals surface area contributed by atoms with Gasteiger partial charge in [0.15, 0.2) is 0 Å². The van der Waals surface area contributed by atoms with Crippen LogP contribution in [0.5, 0.6) is 0 Å². The molecule has 0 nitrogen and oxygen atoms in total. The van der Waals surface area contributed by atoms with Crippen molar-refractivity contribution in [2.75, 3.05) is 0 Å². The molecular formula is C41H44. The average Bonchev–Trinajstić information content (AvgIpc) is 2.96. The van der Waals surface area contributed by atoms with Crippen molar-refractivity contribution in [1.29, 1.82) is 0 Å². The first kappa shape index (κ1) is 31.1. The van der Waals surface area contributed by atoms with Gasteiger partial charge in [0.1, 0.15) is 0 Å². The molecule has 0 saturated heterocycles. The van der Waals surface area contributed by atoms with Crippen LogP contribution in [0.1, 0.15) is 48.8 Å². The van der Waals surface area contributed by atoms with Crippen molar-refractivity contribution in [2.24, 2.45) is 5.92 Å². The second-order valence-electron chi connectivity index (χ2n) is 10.9. The molecule has 0 radical (unpaired) electrons. The van der Waals surface area contributed by atoms with Crippen molar-refractivity contribution in [3.8, 4) is 0 Å². The van der Waals surface area contributed by atoms with E-state index >= 15 is 0 Å². The molecule has 208 valence electrons. The zero-order valence-electron chi connectivity index (χ0n) is 25.0. The molecule has 0 aliphatic heterocycles. The minimum atomic E-state index is 0.0494. The Balaban J connectivity index is 1.75. The predicted octanol–water partition coefficient (Wildman–Crippen LogP) is 11.4. The molecule has 0 fully saturated rings. The first-order chi connectivity index (χ1) is 19.7. The van der Waals surface area contributed by atoms with Crippen LogP contribution >= 0.6 is 0 Å². The summed E-state index contributed by atoms with van der Waals surface area (Å²) in [6.45, 7) is 27.6. The molecule has 0 aromatic heterocycles. The van der Waals surface area contributed by atoms with Gasteiger partial charge in [-0.2, -0.15) is 0 Å². The second-order valence-corrected chi connectivity index (χ2v) is 10.9. The number of benzene rings is 2. The van der Waals surface area contributed by atoms with Crippen LogP contribution < -0.4 is 0 Å². The topological polar surface area (TPSA) is 0 Å². The average molecular weight is 537 g/mol. The molecule has 3 atom stereocenters. The zero-order valence-corrected chi connectivity index (χ0v) is 25.0. The van der Waals surface area contributed by atoms with Gasteiger partial charge in [0, 0.05) is 11.8 Å². The maximum Gasteiger partial charge on any atom is 0.0266 e. The van der Waals surface area contributed by atoms with E-state index in [1.54, 1.807) is 6.08 Å². The van der Waals surface area contributed by atoms with E-state index in [-0.39, 0.29) is 11.8 Å². The van der Waals surface area contributed by atoms with Gasteiger partial charge in [0.25, 0.3) is 0 Å². The van der Waals surface area contributed by atoms with Crippen LogP contribution in [0.3, 0.4) is 0 Å². The Morgan fingerprint density at radius 1 is 0.805 bits per heavy atom. The first-order valence-electron chi connectivity index (χ1n) is 14.3. The lowest BCUT2D eigenvalue weighted by molar-refractivity contribution is 0.570. The Kier molecular flexibility index (Phi) is 11.7. The molecule has 3 unspecified atom stereocenters. The number of hydrogen-bond donors (Lipinski definition) is 0. The van der Waals surface area contributed by atoms with Gasteiger partial charge in [-0.3, -0.25) is 0 Å². The number of rotatable bonds is 13. The van der Waals surface area contributed by atoms with E-state index in [0.717, 1.165) is 34.3 Å². The normalized spacial score (nSPS) is 17.0. The fourth-order valence-corrected chi connectivity index (χ4v) is 5.03. The molecule has 0 bridgehead atoms. The van der Waals surface area contributed by atoms with Gasteiger partial charge in [-0.1, -0.05) is 171 Å². The van der Waals surface area contributed by atoms with E-state index in [1.807, 2.05) is 30.4 Å². The lowest BCUT2D eigenvalue weighted by Gasteiger charge is -2.27. The maximum atomic E-state index is 4.50. The molecule has 3 rings (SSSR count). The van der Waals surface area contributed by atoms with Gasteiger partial charge in [-0.25, -0.2) is 0 Å². The number of aryl methyl sites for hydroxylation is 1. The lowest BCUT2D eigenvalue weighted by atomic mass is 9.76. The highest BCUT2D eigenvalue weighted by Crippen LogP contribution is 2.38. The molecular weight excluding hydrogens is 492 g/mol. The van der Waals surface area contributed by atoms with E-state index in [1.165, 1.54) is 22.3 Å². The minimum Gasteiger partial charge on any atom is -0.0991 e. The van der Waals surface area contributed by atoms with Crippen molar-refractivity contribution in [3.05, 3.63) is 204 Å². The highest BCUT2D eigenvalue weighted by atomic mass is 14.3. The van der Waals surface area contributed by atoms with E-state index in [2.05, 4.69) is 139 Å².